The average molecular weight is 420 g/mol. The van der Waals surface area contributed by atoms with Gasteiger partial charge in [0.15, 0.2) is 5.78 Å². The van der Waals surface area contributed by atoms with E-state index in [0.29, 0.717) is 14.9 Å². The molecule has 0 amide bonds. The molecule has 1 aromatic heterocycles. The first-order chi connectivity index (χ1) is 13.3. The minimum Gasteiger partial charge on any atom is -0.481 e. The molecule has 2 aromatic rings. The second-order valence-electron chi connectivity index (χ2n) is 7.30. The third kappa shape index (κ3) is 5.06. The Labute approximate surface area is 172 Å². The van der Waals surface area contributed by atoms with Gasteiger partial charge < -0.3 is 5.11 Å². The minimum absolute atomic E-state index is 0.0620. The van der Waals surface area contributed by atoms with Crippen LogP contribution in [0, 0.1) is 12.8 Å². The molecule has 0 bridgehead atoms. The van der Waals surface area contributed by atoms with Crippen molar-refractivity contribution in [2.45, 2.75) is 51.9 Å². The molecule has 0 atom stereocenters. The summed E-state index contributed by atoms with van der Waals surface area (Å²) in [7, 11) is 0. The van der Waals surface area contributed by atoms with Crippen LogP contribution >= 0.6 is 22.9 Å². The maximum atomic E-state index is 12.9. The van der Waals surface area contributed by atoms with Crippen LogP contribution in [0.15, 0.2) is 18.2 Å². The Hall–Kier alpha value is -2.05. The average Bonchev–Trinajstić information content (AvgIpc) is 3.26. The summed E-state index contributed by atoms with van der Waals surface area (Å²) in [4.78, 5) is 40.5. The molecule has 0 radical (unpaired) electrons. The fraction of sp³-hybridized carbons (Fsp3) is 0.429. The van der Waals surface area contributed by atoms with Crippen LogP contribution in [0.3, 0.4) is 0 Å². The van der Waals surface area contributed by atoms with Crippen molar-refractivity contribution in [2.24, 2.45) is 5.92 Å². The molecule has 0 aliphatic heterocycles. The van der Waals surface area contributed by atoms with Gasteiger partial charge in [0, 0.05) is 17.9 Å². The molecule has 0 unspecified atom stereocenters. The predicted octanol–water partition coefficient (Wildman–Crippen LogP) is 4.46. The normalized spacial score (nSPS) is 14.4. The number of aliphatic carboxylic acids is 1. The van der Waals surface area contributed by atoms with Crippen LogP contribution in [-0.2, 0) is 28.9 Å². The molecule has 7 heteroatoms. The van der Waals surface area contributed by atoms with Crippen LogP contribution in [0.25, 0.3) is 0 Å². The third-order valence-corrected chi connectivity index (χ3v) is 6.34. The lowest BCUT2D eigenvalue weighted by atomic mass is 9.90. The van der Waals surface area contributed by atoms with Crippen LogP contribution < -0.4 is 0 Å². The molecule has 1 aliphatic rings. The largest absolute Gasteiger partial charge is 0.481 e. The molecule has 1 saturated carbocycles. The van der Waals surface area contributed by atoms with Gasteiger partial charge in [0.05, 0.1) is 18.5 Å². The topological polar surface area (TPSA) is 84.3 Å². The number of hydrogen-bond acceptors (Lipinski definition) is 5. The number of benzene rings is 1. The van der Waals surface area contributed by atoms with Crippen LogP contribution in [0.1, 0.15) is 57.9 Å². The van der Waals surface area contributed by atoms with Crippen molar-refractivity contribution in [3.8, 4) is 0 Å². The highest BCUT2D eigenvalue weighted by molar-refractivity contribution is 7.16. The number of ketones is 2. The Morgan fingerprint density at radius 2 is 1.89 bits per heavy atom. The SMILES string of the molecule is Cc1ccc(CC(=O)Cc2nc(CC(=O)O)c(Cl)s2)c(C(=O)C2CCCC2)c1. The summed E-state index contributed by atoms with van der Waals surface area (Å²) in [5.74, 6) is -0.881. The molecule has 3 rings (SSSR count). The maximum absolute atomic E-state index is 12.9. The first kappa shape index (κ1) is 20.7. The molecule has 28 heavy (non-hydrogen) atoms. The van der Waals surface area contributed by atoms with Gasteiger partial charge in [0.25, 0.3) is 0 Å². The second kappa shape index (κ2) is 8.97. The Kier molecular flexibility index (Phi) is 6.62. The van der Waals surface area contributed by atoms with E-state index in [1.54, 1.807) is 0 Å². The number of carboxylic acid groups (broad SMARTS) is 1. The van der Waals surface area contributed by atoms with E-state index < -0.39 is 5.97 Å². The zero-order valence-corrected chi connectivity index (χ0v) is 17.2. The van der Waals surface area contributed by atoms with E-state index in [0.717, 1.165) is 48.1 Å². The molecule has 5 nitrogen and oxygen atoms in total. The van der Waals surface area contributed by atoms with Crippen molar-refractivity contribution in [3.05, 3.63) is 49.9 Å². The smallest absolute Gasteiger partial charge is 0.309 e. The van der Waals surface area contributed by atoms with Crippen LogP contribution in [0.4, 0.5) is 0 Å². The maximum Gasteiger partial charge on any atom is 0.309 e. The molecule has 1 heterocycles. The van der Waals surface area contributed by atoms with Gasteiger partial charge in [-0.2, -0.15) is 0 Å². The number of nitrogens with zero attached hydrogens (tertiary/aromatic N) is 1. The number of halogens is 1. The summed E-state index contributed by atoms with van der Waals surface area (Å²) in [6.07, 6.45) is 3.98. The number of carbonyl (C=O) groups is 3. The van der Waals surface area contributed by atoms with E-state index in [9.17, 15) is 14.4 Å². The summed E-state index contributed by atoms with van der Waals surface area (Å²) in [5, 5.41) is 9.38. The van der Waals surface area contributed by atoms with E-state index in [-0.39, 0.29) is 42.4 Å². The van der Waals surface area contributed by atoms with Crippen molar-refractivity contribution in [1.82, 2.24) is 4.98 Å². The van der Waals surface area contributed by atoms with Gasteiger partial charge in [0.2, 0.25) is 0 Å². The standard InChI is InChI=1S/C21H22ClNO4S/c1-12-6-7-14(16(8-12)20(27)13-4-2-3-5-13)9-15(24)10-18-23-17(11-19(25)26)21(22)28-18/h6-8,13H,2-5,9-11H2,1H3,(H,25,26). The van der Waals surface area contributed by atoms with Crippen LogP contribution in [0.2, 0.25) is 4.34 Å². The fourth-order valence-electron chi connectivity index (χ4n) is 3.63. The Bertz CT molecular complexity index is 915. The zero-order chi connectivity index (χ0) is 20.3. The van der Waals surface area contributed by atoms with Crippen molar-refractivity contribution >= 4 is 40.5 Å². The van der Waals surface area contributed by atoms with E-state index in [1.807, 2.05) is 25.1 Å². The van der Waals surface area contributed by atoms with Gasteiger partial charge in [-0.05, 0) is 31.4 Å². The van der Waals surface area contributed by atoms with E-state index in [4.69, 9.17) is 16.7 Å². The lowest BCUT2D eigenvalue weighted by Crippen LogP contribution is -2.16. The van der Waals surface area contributed by atoms with Crippen molar-refractivity contribution in [3.63, 3.8) is 0 Å². The number of thiazole rings is 1. The second-order valence-corrected chi connectivity index (χ2v) is 8.98. The molecular formula is C21H22ClNO4S. The molecule has 1 N–H and O–H groups in total. The number of Topliss-reactive ketones (excluding diaryl/α,β-unsaturated/α-hetero) is 2. The summed E-state index contributed by atoms with van der Waals surface area (Å²) in [6.45, 7) is 1.94. The molecule has 1 aliphatic carbocycles. The van der Waals surface area contributed by atoms with E-state index in [2.05, 4.69) is 4.98 Å². The molecule has 0 spiro atoms. The van der Waals surface area contributed by atoms with E-state index in [1.165, 1.54) is 0 Å². The van der Waals surface area contributed by atoms with E-state index >= 15 is 0 Å². The first-order valence-electron chi connectivity index (χ1n) is 9.34. The van der Waals surface area contributed by atoms with Crippen LogP contribution in [0.5, 0.6) is 0 Å². The lowest BCUT2D eigenvalue weighted by Gasteiger charge is -2.13. The van der Waals surface area contributed by atoms with Gasteiger partial charge in [-0.25, -0.2) is 4.98 Å². The van der Waals surface area contributed by atoms with Crippen molar-refractivity contribution in [2.75, 3.05) is 0 Å². The molecule has 0 saturated heterocycles. The lowest BCUT2D eigenvalue weighted by molar-refractivity contribution is -0.136. The van der Waals surface area contributed by atoms with Gasteiger partial charge >= 0.3 is 5.97 Å². The van der Waals surface area contributed by atoms with Crippen molar-refractivity contribution in [1.29, 1.82) is 0 Å². The Morgan fingerprint density at radius 1 is 1.18 bits per heavy atom. The Morgan fingerprint density at radius 3 is 2.57 bits per heavy atom. The van der Waals surface area contributed by atoms with Crippen LogP contribution in [-0.4, -0.2) is 27.6 Å². The number of hydrogen-bond donors (Lipinski definition) is 1. The number of aromatic nitrogens is 1. The summed E-state index contributed by atoms with van der Waals surface area (Å²) in [6, 6.07) is 5.66. The van der Waals surface area contributed by atoms with Crippen molar-refractivity contribution < 1.29 is 19.5 Å². The number of carboxylic acids is 1. The van der Waals surface area contributed by atoms with Gasteiger partial charge in [0.1, 0.15) is 15.1 Å². The summed E-state index contributed by atoms with van der Waals surface area (Å²) >= 11 is 7.16. The van der Waals surface area contributed by atoms with Gasteiger partial charge in [-0.1, -0.05) is 42.1 Å². The fourth-order valence-corrected chi connectivity index (χ4v) is 4.84. The zero-order valence-electron chi connectivity index (χ0n) is 15.7. The van der Waals surface area contributed by atoms with Gasteiger partial charge in [-0.3, -0.25) is 14.4 Å². The molecule has 148 valence electrons. The predicted molar refractivity (Wildman–Crippen MR) is 108 cm³/mol. The minimum atomic E-state index is -1.01. The monoisotopic (exact) mass is 419 g/mol. The highest BCUT2D eigenvalue weighted by Gasteiger charge is 2.26. The summed E-state index contributed by atoms with van der Waals surface area (Å²) < 4.78 is 0.303. The molecular weight excluding hydrogens is 398 g/mol. The number of aryl methyl sites for hydroxylation is 1. The Balaban J connectivity index is 1.73. The quantitative estimate of drug-likeness (QED) is 0.638. The molecule has 1 fully saturated rings. The summed E-state index contributed by atoms with van der Waals surface area (Å²) in [5.41, 5.74) is 2.70. The third-order valence-electron chi connectivity index (χ3n) is 5.01. The molecule has 1 aromatic carbocycles. The first-order valence-corrected chi connectivity index (χ1v) is 10.5. The number of rotatable bonds is 8. The number of carbonyl (C=O) groups excluding carboxylic acids is 2. The van der Waals surface area contributed by atoms with Gasteiger partial charge in [-0.15, -0.1) is 11.3 Å². The highest BCUT2D eigenvalue weighted by Crippen LogP contribution is 2.30. The highest BCUT2D eigenvalue weighted by atomic mass is 35.5.